The van der Waals surface area contributed by atoms with E-state index in [-0.39, 0.29) is 30.2 Å². The van der Waals surface area contributed by atoms with Gasteiger partial charge < -0.3 is 19.0 Å². The molecule has 0 spiro atoms. The van der Waals surface area contributed by atoms with Crippen LogP contribution in [0.2, 0.25) is 0 Å². The Morgan fingerprint density at radius 1 is 1.15 bits per heavy atom. The lowest BCUT2D eigenvalue weighted by atomic mass is 10.0. The second-order valence-electron chi connectivity index (χ2n) is 9.20. The monoisotopic (exact) mass is 558 g/mol. The van der Waals surface area contributed by atoms with Gasteiger partial charge in [-0.1, -0.05) is 0 Å². The van der Waals surface area contributed by atoms with Crippen molar-refractivity contribution >= 4 is 33.1 Å². The van der Waals surface area contributed by atoms with Gasteiger partial charge in [-0.05, 0) is 37.6 Å². The zero-order chi connectivity index (χ0) is 28.2. The van der Waals surface area contributed by atoms with E-state index < -0.39 is 10.0 Å². The predicted molar refractivity (Wildman–Crippen MR) is 144 cm³/mol. The second-order valence-corrected chi connectivity index (χ2v) is 10.9. The fourth-order valence-electron chi connectivity index (χ4n) is 4.58. The molecule has 14 heteroatoms. The molecule has 4 heterocycles. The number of methoxy groups -OCH3 is 1. The number of fused-ring (bicyclic) bond motifs is 1. The molecule has 2 atom stereocenters. The number of pyridine rings is 1. The molecule has 0 bridgehead atoms. The van der Waals surface area contributed by atoms with E-state index in [9.17, 15) is 8.42 Å². The molecule has 3 aromatic heterocycles. The van der Waals surface area contributed by atoms with Gasteiger partial charge in [0.1, 0.15) is 11.4 Å². The number of carbonyl (C=O) groups is 1. The summed E-state index contributed by atoms with van der Waals surface area (Å²) in [5.41, 5.74) is 3.26. The Morgan fingerprint density at radius 2 is 1.87 bits per heavy atom. The van der Waals surface area contributed by atoms with Gasteiger partial charge in [-0.2, -0.15) is 5.10 Å². The standard InChI is InChI=1S/C24H28N6O5S.CH2O2/c1-14-11-30(12-15(2)34-14)13-18-9-26-23(35-18)19-5-16(6-21-20(19)10-27-28-21)17-7-22(29-36(4,31)32)24(33-3)25-8-17;2-1-3/h5-10,14-15,29H,11-13H2,1-4H3,(H,27,28);1H,(H,2,3). The van der Waals surface area contributed by atoms with Gasteiger partial charge in [0, 0.05) is 35.8 Å². The summed E-state index contributed by atoms with van der Waals surface area (Å²) in [7, 11) is -2.09. The van der Waals surface area contributed by atoms with Gasteiger partial charge in [0.15, 0.2) is 0 Å². The van der Waals surface area contributed by atoms with Gasteiger partial charge in [-0.3, -0.25) is 19.5 Å². The maximum absolute atomic E-state index is 11.8. The number of benzene rings is 1. The number of sulfonamides is 1. The average molecular weight is 559 g/mol. The van der Waals surface area contributed by atoms with Gasteiger partial charge in [0.25, 0.3) is 6.47 Å². The first-order valence-electron chi connectivity index (χ1n) is 12.0. The summed E-state index contributed by atoms with van der Waals surface area (Å²) in [5.74, 6) is 1.42. The van der Waals surface area contributed by atoms with Crippen LogP contribution in [-0.2, 0) is 26.1 Å². The summed E-state index contributed by atoms with van der Waals surface area (Å²) in [4.78, 5) is 19.5. The summed E-state index contributed by atoms with van der Waals surface area (Å²) in [6.07, 6.45) is 6.51. The van der Waals surface area contributed by atoms with Crippen LogP contribution in [0.4, 0.5) is 5.69 Å². The number of nitrogens with one attached hydrogen (secondary N) is 2. The molecule has 208 valence electrons. The second kappa shape index (κ2) is 11.8. The van der Waals surface area contributed by atoms with Crippen molar-refractivity contribution in [2.75, 3.05) is 31.2 Å². The number of hydrogen-bond donors (Lipinski definition) is 3. The predicted octanol–water partition coefficient (Wildman–Crippen LogP) is 2.97. The molecule has 0 saturated carbocycles. The summed E-state index contributed by atoms with van der Waals surface area (Å²) in [5, 5.41) is 14.9. The topological polar surface area (TPSA) is 173 Å². The first-order chi connectivity index (χ1) is 18.6. The van der Waals surface area contributed by atoms with Crippen molar-refractivity contribution in [3.8, 4) is 28.5 Å². The van der Waals surface area contributed by atoms with E-state index in [1.54, 1.807) is 24.7 Å². The third-order valence-electron chi connectivity index (χ3n) is 5.89. The van der Waals surface area contributed by atoms with Gasteiger partial charge >= 0.3 is 0 Å². The largest absolute Gasteiger partial charge is 0.483 e. The first-order valence-corrected chi connectivity index (χ1v) is 13.9. The summed E-state index contributed by atoms with van der Waals surface area (Å²) >= 11 is 0. The van der Waals surface area contributed by atoms with Crippen LogP contribution in [0.15, 0.2) is 41.2 Å². The highest BCUT2D eigenvalue weighted by molar-refractivity contribution is 7.92. The van der Waals surface area contributed by atoms with E-state index in [0.717, 1.165) is 47.1 Å². The van der Waals surface area contributed by atoms with E-state index in [1.165, 1.54) is 7.11 Å². The third kappa shape index (κ3) is 6.90. The number of ether oxygens (including phenoxy) is 2. The van der Waals surface area contributed by atoms with Gasteiger partial charge in [0.2, 0.25) is 21.8 Å². The summed E-state index contributed by atoms with van der Waals surface area (Å²) in [6, 6.07) is 5.52. The number of hydrogen-bond acceptors (Lipinski definition) is 10. The molecule has 0 radical (unpaired) electrons. The third-order valence-corrected chi connectivity index (χ3v) is 6.48. The molecule has 1 aromatic carbocycles. The number of aromatic nitrogens is 4. The Balaban J connectivity index is 0.00000112. The SMILES string of the molecule is COc1ncc(-c2cc(-c3ncc(CN4CC(C)OC(C)C4)o3)c3cn[nH]c3c2)cc1NS(C)(=O)=O.O=CO. The van der Waals surface area contributed by atoms with Crippen LogP contribution in [0.1, 0.15) is 19.6 Å². The van der Waals surface area contributed by atoms with Crippen molar-refractivity contribution in [3.05, 3.63) is 42.5 Å². The minimum atomic E-state index is -3.53. The average Bonchev–Trinajstić information content (AvgIpc) is 3.52. The van der Waals surface area contributed by atoms with Crippen LogP contribution in [0.3, 0.4) is 0 Å². The van der Waals surface area contributed by atoms with Crippen LogP contribution >= 0.6 is 0 Å². The van der Waals surface area contributed by atoms with E-state index in [0.29, 0.717) is 18.0 Å². The lowest BCUT2D eigenvalue weighted by Gasteiger charge is -2.34. The van der Waals surface area contributed by atoms with Gasteiger partial charge in [0.05, 0.1) is 50.0 Å². The Bertz CT molecular complexity index is 1540. The molecule has 2 unspecified atom stereocenters. The number of anilines is 1. The van der Waals surface area contributed by atoms with Crippen LogP contribution in [-0.4, -0.2) is 83.7 Å². The zero-order valence-electron chi connectivity index (χ0n) is 21.9. The highest BCUT2D eigenvalue weighted by Gasteiger charge is 2.24. The highest BCUT2D eigenvalue weighted by Crippen LogP contribution is 2.35. The Kier molecular flexibility index (Phi) is 8.47. The van der Waals surface area contributed by atoms with Crippen LogP contribution in [0, 0.1) is 0 Å². The lowest BCUT2D eigenvalue weighted by molar-refractivity contribution is -0.122. The number of morpholine rings is 1. The Hall–Kier alpha value is -4.01. The molecular formula is C25H30N6O7S. The molecule has 4 aromatic rings. The molecule has 1 aliphatic rings. The molecule has 1 saturated heterocycles. The first kappa shape index (κ1) is 28.0. The molecule has 1 fully saturated rings. The van der Waals surface area contributed by atoms with Crippen molar-refractivity contribution in [1.82, 2.24) is 25.1 Å². The number of aromatic amines is 1. The summed E-state index contributed by atoms with van der Waals surface area (Å²) in [6.45, 7) is 6.19. The molecule has 13 nitrogen and oxygen atoms in total. The van der Waals surface area contributed by atoms with Crippen LogP contribution in [0.5, 0.6) is 5.88 Å². The Labute approximate surface area is 225 Å². The minimum Gasteiger partial charge on any atom is -0.483 e. The maximum atomic E-state index is 11.8. The molecule has 5 rings (SSSR count). The van der Waals surface area contributed by atoms with Crippen molar-refractivity contribution in [2.24, 2.45) is 0 Å². The van der Waals surface area contributed by atoms with Crippen molar-refractivity contribution in [3.63, 3.8) is 0 Å². The molecule has 3 N–H and O–H groups in total. The van der Waals surface area contributed by atoms with Gasteiger partial charge in [-0.15, -0.1) is 0 Å². The molecule has 1 aliphatic heterocycles. The number of oxazole rings is 1. The van der Waals surface area contributed by atoms with Crippen molar-refractivity contribution in [2.45, 2.75) is 32.6 Å². The Morgan fingerprint density at radius 3 is 2.54 bits per heavy atom. The quantitative estimate of drug-likeness (QED) is 0.285. The normalized spacial score (nSPS) is 17.8. The minimum absolute atomic E-state index is 0.165. The fourth-order valence-corrected chi connectivity index (χ4v) is 5.13. The molecule has 0 amide bonds. The zero-order valence-corrected chi connectivity index (χ0v) is 22.7. The van der Waals surface area contributed by atoms with E-state index >= 15 is 0 Å². The fraction of sp³-hybridized carbons (Fsp3) is 0.360. The number of carboxylic acid groups (broad SMARTS) is 1. The smallest absolute Gasteiger partial charge is 0.290 e. The molecule has 39 heavy (non-hydrogen) atoms. The van der Waals surface area contributed by atoms with E-state index in [2.05, 4.69) is 43.6 Å². The molecule has 0 aliphatic carbocycles. The van der Waals surface area contributed by atoms with Crippen molar-refractivity contribution in [1.29, 1.82) is 0 Å². The van der Waals surface area contributed by atoms with Crippen molar-refractivity contribution < 1.29 is 32.2 Å². The van der Waals surface area contributed by atoms with E-state index in [1.807, 2.05) is 12.1 Å². The lowest BCUT2D eigenvalue weighted by Crippen LogP contribution is -2.44. The number of nitrogens with zero attached hydrogens (tertiary/aromatic N) is 4. The van der Waals surface area contributed by atoms with Gasteiger partial charge in [-0.25, -0.2) is 18.4 Å². The maximum Gasteiger partial charge on any atom is 0.290 e. The van der Waals surface area contributed by atoms with E-state index in [4.69, 9.17) is 23.8 Å². The molecular weight excluding hydrogens is 528 g/mol. The highest BCUT2D eigenvalue weighted by atomic mass is 32.2. The van der Waals surface area contributed by atoms with Crippen LogP contribution < -0.4 is 9.46 Å². The number of H-pyrrole nitrogens is 1. The summed E-state index contributed by atoms with van der Waals surface area (Å²) < 4.78 is 43.4. The van der Waals surface area contributed by atoms with Crippen LogP contribution in [0.25, 0.3) is 33.5 Å². The number of rotatable bonds is 7.